The van der Waals surface area contributed by atoms with E-state index < -0.39 is 0 Å². The summed E-state index contributed by atoms with van der Waals surface area (Å²) < 4.78 is 5.73. The summed E-state index contributed by atoms with van der Waals surface area (Å²) in [5, 5.41) is 12.0. The Kier molecular flexibility index (Phi) is 6.01. The summed E-state index contributed by atoms with van der Waals surface area (Å²) in [5.41, 5.74) is 1.28. The van der Waals surface area contributed by atoms with Gasteiger partial charge in [0.25, 0.3) is 0 Å². The Balaban J connectivity index is 2.53. The lowest BCUT2D eigenvalue weighted by atomic mass is 10.0. The molecule has 1 rings (SSSR count). The van der Waals surface area contributed by atoms with Crippen molar-refractivity contribution in [3.05, 3.63) is 29.8 Å². The van der Waals surface area contributed by atoms with Crippen molar-refractivity contribution in [1.82, 2.24) is 5.32 Å². The van der Waals surface area contributed by atoms with E-state index in [1.54, 1.807) is 0 Å². The summed E-state index contributed by atoms with van der Waals surface area (Å²) in [5.74, 6) is 1.41. The van der Waals surface area contributed by atoms with Crippen LogP contribution in [0.2, 0.25) is 0 Å². The van der Waals surface area contributed by atoms with Gasteiger partial charge in [0.05, 0.1) is 0 Å². The van der Waals surface area contributed by atoms with Gasteiger partial charge in [0.15, 0.2) is 0 Å². The fraction of sp³-hybridized carbons (Fsp3) is 0.571. The second kappa shape index (κ2) is 7.30. The summed E-state index contributed by atoms with van der Waals surface area (Å²) in [6.07, 6.45) is 0.709. The molecule has 96 valence electrons. The largest absolute Gasteiger partial charge is 0.492 e. The van der Waals surface area contributed by atoms with E-state index in [1.807, 2.05) is 19.2 Å². The van der Waals surface area contributed by atoms with Gasteiger partial charge in [-0.3, -0.25) is 0 Å². The van der Waals surface area contributed by atoms with Crippen LogP contribution in [0.4, 0.5) is 0 Å². The predicted octanol–water partition coefficient (Wildman–Crippen LogP) is 2.16. The number of hydrogen-bond donors (Lipinski definition) is 2. The molecule has 0 amide bonds. The smallest absolute Gasteiger partial charge is 0.119 e. The zero-order chi connectivity index (χ0) is 12.7. The van der Waals surface area contributed by atoms with Gasteiger partial charge in [0.1, 0.15) is 12.4 Å². The van der Waals surface area contributed by atoms with Crippen molar-refractivity contribution in [2.45, 2.75) is 32.2 Å². The third kappa shape index (κ3) is 4.75. The lowest BCUT2D eigenvalue weighted by Crippen LogP contribution is -2.32. The van der Waals surface area contributed by atoms with Crippen LogP contribution in [-0.2, 0) is 0 Å². The van der Waals surface area contributed by atoms with Crippen molar-refractivity contribution in [1.29, 1.82) is 0 Å². The van der Waals surface area contributed by atoms with E-state index in [-0.39, 0.29) is 12.6 Å². The Morgan fingerprint density at radius 3 is 2.71 bits per heavy atom. The molecule has 0 aliphatic heterocycles. The van der Waals surface area contributed by atoms with Crippen LogP contribution in [0.5, 0.6) is 5.75 Å². The standard InChI is InChI=1S/C14H23NO2/c1-11(2)12-5-4-6-14(9-12)17-10-13(15-3)7-8-16/h4-6,9,11,13,15-16H,7-8,10H2,1-3H3. The average molecular weight is 237 g/mol. The maximum Gasteiger partial charge on any atom is 0.119 e. The molecule has 2 N–H and O–H groups in total. The fourth-order valence-corrected chi connectivity index (χ4v) is 1.63. The highest BCUT2D eigenvalue weighted by Crippen LogP contribution is 2.20. The Bertz CT molecular complexity index is 326. The van der Waals surface area contributed by atoms with Gasteiger partial charge in [-0.25, -0.2) is 0 Å². The maximum atomic E-state index is 8.89. The molecule has 0 aromatic heterocycles. The third-order valence-electron chi connectivity index (χ3n) is 2.86. The first-order valence-corrected chi connectivity index (χ1v) is 6.18. The summed E-state index contributed by atoms with van der Waals surface area (Å²) in [4.78, 5) is 0. The van der Waals surface area contributed by atoms with Crippen molar-refractivity contribution in [3.8, 4) is 5.75 Å². The van der Waals surface area contributed by atoms with Crippen LogP contribution in [0.25, 0.3) is 0 Å². The van der Waals surface area contributed by atoms with Crippen LogP contribution in [0.1, 0.15) is 31.7 Å². The summed E-state index contributed by atoms with van der Waals surface area (Å²) in [6.45, 7) is 5.10. The van der Waals surface area contributed by atoms with Crippen LogP contribution >= 0.6 is 0 Å². The van der Waals surface area contributed by atoms with E-state index in [0.717, 1.165) is 5.75 Å². The van der Waals surface area contributed by atoms with Gasteiger partial charge in [0.2, 0.25) is 0 Å². The highest BCUT2D eigenvalue weighted by Gasteiger charge is 2.07. The molecule has 3 heteroatoms. The second-order valence-corrected chi connectivity index (χ2v) is 4.54. The lowest BCUT2D eigenvalue weighted by Gasteiger charge is -2.16. The molecule has 1 atom stereocenters. The molecule has 0 aliphatic rings. The van der Waals surface area contributed by atoms with Crippen molar-refractivity contribution in [3.63, 3.8) is 0 Å². The zero-order valence-electron chi connectivity index (χ0n) is 10.9. The highest BCUT2D eigenvalue weighted by molar-refractivity contribution is 5.30. The van der Waals surface area contributed by atoms with Gasteiger partial charge < -0.3 is 15.2 Å². The molecule has 0 saturated heterocycles. The number of likely N-dealkylation sites (N-methyl/N-ethyl adjacent to an activating group) is 1. The van der Waals surface area contributed by atoms with Gasteiger partial charge in [-0.2, -0.15) is 0 Å². The molecule has 17 heavy (non-hydrogen) atoms. The first-order chi connectivity index (χ1) is 8.17. The summed E-state index contributed by atoms with van der Waals surface area (Å²) in [7, 11) is 1.88. The third-order valence-corrected chi connectivity index (χ3v) is 2.86. The van der Waals surface area contributed by atoms with E-state index in [4.69, 9.17) is 9.84 Å². The minimum atomic E-state index is 0.181. The molecule has 0 spiro atoms. The van der Waals surface area contributed by atoms with E-state index in [0.29, 0.717) is 18.9 Å². The van der Waals surface area contributed by atoms with Gasteiger partial charge >= 0.3 is 0 Å². The number of rotatable bonds is 7. The van der Waals surface area contributed by atoms with Crippen molar-refractivity contribution >= 4 is 0 Å². The monoisotopic (exact) mass is 237 g/mol. The van der Waals surface area contributed by atoms with E-state index in [2.05, 4.69) is 31.3 Å². The number of benzene rings is 1. The molecule has 0 radical (unpaired) electrons. The van der Waals surface area contributed by atoms with E-state index in [9.17, 15) is 0 Å². The SMILES string of the molecule is CNC(CCO)COc1cccc(C(C)C)c1. The number of aliphatic hydroxyl groups excluding tert-OH is 1. The Hall–Kier alpha value is -1.06. The van der Waals surface area contributed by atoms with E-state index in [1.165, 1.54) is 5.56 Å². The molecule has 0 aliphatic carbocycles. The van der Waals surface area contributed by atoms with Crippen molar-refractivity contribution in [2.75, 3.05) is 20.3 Å². The predicted molar refractivity (Wildman–Crippen MR) is 70.6 cm³/mol. The minimum absolute atomic E-state index is 0.181. The van der Waals surface area contributed by atoms with Gasteiger partial charge in [-0.05, 0) is 37.1 Å². The first-order valence-electron chi connectivity index (χ1n) is 6.18. The quantitative estimate of drug-likeness (QED) is 0.763. The van der Waals surface area contributed by atoms with Crippen LogP contribution in [0.3, 0.4) is 0 Å². The average Bonchev–Trinajstić information content (AvgIpc) is 2.34. The van der Waals surface area contributed by atoms with Crippen molar-refractivity contribution < 1.29 is 9.84 Å². The van der Waals surface area contributed by atoms with E-state index >= 15 is 0 Å². The molecule has 0 fully saturated rings. The summed E-state index contributed by atoms with van der Waals surface area (Å²) in [6, 6.07) is 8.38. The fourth-order valence-electron chi connectivity index (χ4n) is 1.63. The maximum absolute atomic E-state index is 8.89. The molecular formula is C14H23NO2. The number of ether oxygens (including phenoxy) is 1. The normalized spacial score (nSPS) is 12.8. The molecular weight excluding hydrogens is 214 g/mol. The Labute approximate surface area is 104 Å². The Morgan fingerprint density at radius 2 is 2.12 bits per heavy atom. The number of nitrogens with one attached hydrogen (secondary N) is 1. The minimum Gasteiger partial charge on any atom is -0.492 e. The highest BCUT2D eigenvalue weighted by atomic mass is 16.5. The van der Waals surface area contributed by atoms with Crippen LogP contribution in [0, 0.1) is 0 Å². The van der Waals surface area contributed by atoms with Crippen molar-refractivity contribution in [2.24, 2.45) is 0 Å². The summed E-state index contributed by atoms with van der Waals surface area (Å²) >= 11 is 0. The number of hydrogen-bond acceptors (Lipinski definition) is 3. The molecule has 1 aromatic carbocycles. The topological polar surface area (TPSA) is 41.5 Å². The molecule has 1 aromatic rings. The van der Waals surface area contributed by atoms with Crippen LogP contribution in [-0.4, -0.2) is 31.4 Å². The van der Waals surface area contributed by atoms with Gasteiger partial charge in [0, 0.05) is 12.6 Å². The zero-order valence-corrected chi connectivity index (χ0v) is 10.9. The Morgan fingerprint density at radius 1 is 1.35 bits per heavy atom. The first kappa shape index (κ1) is 14.0. The lowest BCUT2D eigenvalue weighted by molar-refractivity contribution is 0.218. The molecule has 3 nitrogen and oxygen atoms in total. The molecule has 0 heterocycles. The molecule has 0 saturated carbocycles. The molecule has 1 unspecified atom stereocenters. The van der Waals surface area contributed by atoms with Crippen LogP contribution in [0.15, 0.2) is 24.3 Å². The van der Waals surface area contributed by atoms with Gasteiger partial charge in [-0.15, -0.1) is 0 Å². The number of aliphatic hydroxyl groups is 1. The van der Waals surface area contributed by atoms with Crippen LogP contribution < -0.4 is 10.1 Å². The molecule has 0 bridgehead atoms. The van der Waals surface area contributed by atoms with Gasteiger partial charge in [-0.1, -0.05) is 26.0 Å². The second-order valence-electron chi connectivity index (χ2n) is 4.54.